The Morgan fingerprint density at radius 2 is 2.35 bits per heavy atom. The van der Waals surface area contributed by atoms with Gasteiger partial charge in [-0.25, -0.2) is 0 Å². The summed E-state index contributed by atoms with van der Waals surface area (Å²) in [5.41, 5.74) is 7.56. The van der Waals surface area contributed by atoms with Gasteiger partial charge in [0.1, 0.15) is 0 Å². The van der Waals surface area contributed by atoms with Crippen LogP contribution in [0.25, 0.3) is 0 Å². The predicted molar refractivity (Wildman–Crippen MR) is 69.2 cm³/mol. The molecule has 92 valence electrons. The van der Waals surface area contributed by atoms with Gasteiger partial charge in [-0.3, -0.25) is 4.79 Å². The summed E-state index contributed by atoms with van der Waals surface area (Å²) in [6, 6.07) is 5.67. The lowest BCUT2D eigenvalue weighted by Gasteiger charge is -2.22. The summed E-state index contributed by atoms with van der Waals surface area (Å²) >= 11 is 1.56. The Morgan fingerprint density at radius 1 is 1.59 bits per heavy atom. The summed E-state index contributed by atoms with van der Waals surface area (Å²) < 4.78 is 0. The average molecular weight is 252 g/mol. The van der Waals surface area contributed by atoms with Crippen molar-refractivity contribution in [3.63, 3.8) is 0 Å². The molecule has 1 aromatic carbocycles. The molecule has 0 aromatic heterocycles. The van der Waals surface area contributed by atoms with Crippen molar-refractivity contribution >= 4 is 23.4 Å². The van der Waals surface area contributed by atoms with Gasteiger partial charge in [0.2, 0.25) is 5.91 Å². The molecule has 2 atom stereocenters. The van der Waals surface area contributed by atoms with Crippen molar-refractivity contribution in [3.8, 4) is 0 Å². The van der Waals surface area contributed by atoms with E-state index in [4.69, 9.17) is 10.8 Å². The Bertz CT molecular complexity index is 437. The number of nitrogens with one attached hydrogen (secondary N) is 1. The Hall–Kier alpha value is -1.04. The molecular weight excluding hydrogens is 236 g/mol. The number of amides is 1. The second-order valence-corrected chi connectivity index (χ2v) is 5.61. The van der Waals surface area contributed by atoms with Crippen LogP contribution in [0, 0.1) is 0 Å². The van der Waals surface area contributed by atoms with Crippen LogP contribution in [0.4, 0.5) is 5.69 Å². The highest BCUT2D eigenvalue weighted by molar-refractivity contribution is 8.00. The Kier molecular flexibility index (Phi) is 3.71. The molecule has 0 saturated carbocycles. The number of rotatable bonds is 3. The summed E-state index contributed by atoms with van der Waals surface area (Å²) in [7, 11) is 0. The Morgan fingerprint density at radius 3 is 3.06 bits per heavy atom. The van der Waals surface area contributed by atoms with Gasteiger partial charge in [0.05, 0.1) is 17.5 Å². The largest absolute Gasteiger partial charge is 0.395 e. The van der Waals surface area contributed by atoms with Gasteiger partial charge in [0.25, 0.3) is 0 Å². The average Bonchev–Trinajstić information content (AvgIpc) is 2.31. The van der Waals surface area contributed by atoms with Crippen LogP contribution >= 0.6 is 11.8 Å². The van der Waals surface area contributed by atoms with Crippen LogP contribution in [0.1, 0.15) is 12.5 Å². The maximum atomic E-state index is 11.5. The first-order valence-electron chi connectivity index (χ1n) is 5.57. The van der Waals surface area contributed by atoms with Crippen molar-refractivity contribution in [1.29, 1.82) is 0 Å². The maximum absolute atomic E-state index is 11.5. The van der Waals surface area contributed by atoms with Crippen molar-refractivity contribution in [1.82, 2.24) is 0 Å². The van der Waals surface area contributed by atoms with Gasteiger partial charge < -0.3 is 16.2 Å². The minimum Gasteiger partial charge on any atom is -0.395 e. The fourth-order valence-corrected chi connectivity index (χ4v) is 2.68. The lowest BCUT2D eigenvalue weighted by atomic mass is 10.1. The highest BCUT2D eigenvalue weighted by atomic mass is 32.2. The standard InChI is InChI=1S/C12H16N2O2S/c1-7-12(16)14-10-5-8(4-9(13)6-15)2-3-11(10)17-7/h2-3,5,7,9,15H,4,6,13H2,1H3,(H,14,16). The summed E-state index contributed by atoms with van der Waals surface area (Å²) in [5, 5.41) is 11.7. The van der Waals surface area contributed by atoms with Crippen molar-refractivity contribution < 1.29 is 9.90 Å². The molecule has 0 bridgehead atoms. The molecule has 17 heavy (non-hydrogen) atoms. The normalized spacial score (nSPS) is 20.6. The quantitative estimate of drug-likeness (QED) is 0.749. The smallest absolute Gasteiger partial charge is 0.237 e. The van der Waals surface area contributed by atoms with Crippen molar-refractivity contribution in [3.05, 3.63) is 23.8 Å². The van der Waals surface area contributed by atoms with Gasteiger partial charge in [-0.1, -0.05) is 6.07 Å². The fraction of sp³-hybridized carbons (Fsp3) is 0.417. The second-order valence-electron chi connectivity index (χ2n) is 4.23. The summed E-state index contributed by atoms with van der Waals surface area (Å²) in [6.45, 7) is 1.85. The van der Waals surface area contributed by atoms with Crippen LogP contribution in [0.3, 0.4) is 0 Å². The van der Waals surface area contributed by atoms with E-state index in [1.165, 1.54) is 0 Å². The number of hydrogen-bond acceptors (Lipinski definition) is 4. The maximum Gasteiger partial charge on any atom is 0.237 e. The zero-order valence-corrected chi connectivity index (χ0v) is 10.5. The number of carbonyl (C=O) groups is 1. The van der Waals surface area contributed by atoms with Gasteiger partial charge in [-0.05, 0) is 31.0 Å². The molecule has 0 spiro atoms. The lowest BCUT2D eigenvalue weighted by Crippen LogP contribution is -2.28. The molecule has 1 aliphatic rings. The molecule has 1 aromatic rings. The monoisotopic (exact) mass is 252 g/mol. The molecule has 0 saturated heterocycles. The topological polar surface area (TPSA) is 75.3 Å². The summed E-state index contributed by atoms with van der Waals surface area (Å²) in [4.78, 5) is 12.6. The van der Waals surface area contributed by atoms with E-state index in [9.17, 15) is 4.79 Å². The van der Waals surface area contributed by atoms with Crippen molar-refractivity contribution in [2.75, 3.05) is 11.9 Å². The van der Waals surface area contributed by atoms with Gasteiger partial charge in [-0.2, -0.15) is 0 Å². The van der Waals surface area contributed by atoms with E-state index in [1.54, 1.807) is 11.8 Å². The van der Waals surface area contributed by atoms with Crippen molar-refractivity contribution in [2.24, 2.45) is 5.73 Å². The first-order valence-corrected chi connectivity index (χ1v) is 6.45. The number of anilines is 1. The van der Waals surface area contributed by atoms with Gasteiger partial charge >= 0.3 is 0 Å². The van der Waals surface area contributed by atoms with Gasteiger partial charge in [0, 0.05) is 10.9 Å². The number of carbonyl (C=O) groups excluding carboxylic acids is 1. The SMILES string of the molecule is CC1Sc2ccc(CC(N)CO)cc2NC1=O. The molecule has 4 N–H and O–H groups in total. The highest BCUT2D eigenvalue weighted by Gasteiger charge is 2.22. The zero-order chi connectivity index (χ0) is 12.4. The minimum absolute atomic E-state index is 0.0325. The first kappa shape index (κ1) is 12.4. The van der Waals surface area contributed by atoms with E-state index in [0.29, 0.717) is 6.42 Å². The Balaban J connectivity index is 2.19. The van der Waals surface area contributed by atoms with Crippen molar-refractivity contribution in [2.45, 2.75) is 29.5 Å². The molecule has 1 heterocycles. The van der Waals surface area contributed by atoms with E-state index in [-0.39, 0.29) is 23.8 Å². The summed E-state index contributed by atoms with van der Waals surface area (Å²) in [5.74, 6) is 0.0334. The van der Waals surface area contributed by atoms with Crippen LogP contribution in [0.5, 0.6) is 0 Å². The molecule has 5 heteroatoms. The number of hydrogen-bond donors (Lipinski definition) is 3. The van der Waals surface area contributed by atoms with E-state index in [2.05, 4.69) is 5.32 Å². The minimum atomic E-state index is -0.251. The number of nitrogens with two attached hydrogens (primary N) is 1. The molecule has 4 nitrogen and oxygen atoms in total. The zero-order valence-electron chi connectivity index (χ0n) is 9.64. The fourth-order valence-electron chi connectivity index (χ4n) is 1.75. The molecule has 0 radical (unpaired) electrons. The van der Waals surface area contributed by atoms with Gasteiger partial charge in [-0.15, -0.1) is 11.8 Å². The van der Waals surface area contributed by atoms with Gasteiger partial charge in [0.15, 0.2) is 0 Å². The molecule has 0 fully saturated rings. The van der Waals surface area contributed by atoms with E-state index < -0.39 is 0 Å². The highest BCUT2D eigenvalue weighted by Crippen LogP contribution is 2.35. The van der Waals surface area contributed by atoms with Crippen LogP contribution in [-0.2, 0) is 11.2 Å². The number of thioether (sulfide) groups is 1. The molecule has 2 unspecified atom stereocenters. The lowest BCUT2D eigenvalue weighted by molar-refractivity contribution is -0.115. The van der Waals surface area contributed by atoms with E-state index in [1.807, 2.05) is 25.1 Å². The third-order valence-corrected chi connectivity index (χ3v) is 3.88. The third-order valence-electron chi connectivity index (χ3n) is 2.71. The molecule has 1 amide bonds. The molecule has 2 rings (SSSR count). The first-order chi connectivity index (χ1) is 8.10. The number of benzene rings is 1. The predicted octanol–water partition coefficient (Wildman–Crippen LogP) is 0.981. The van der Waals surface area contributed by atoms with Crippen LogP contribution < -0.4 is 11.1 Å². The van der Waals surface area contributed by atoms with Crippen LogP contribution in [0.2, 0.25) is 0 Å². The summed E-state index contributed by atoms with van der Waals surface area (Å²) in [6.07, 6.45) is 0.611. The number of fused-ring (bicyclic) bond motifs is 1. The number of aliphatic hydroxyl groups is 1. The van der Waals surface area contributed by atoms with Crippen LogP contribution in [-0.4, -0.2) is 28.9 Å². The molecular formula is C12H16N2O2S. The van der Waals surface area contributed by atoms with Crippen LogP contribution in [0.15, 0.2) is 23.1 Å². The Labute approximate surface area is 105 Å². The molecule has 0 aliphatic carbocycles. The van der Waals surface area contributed by atoms with E-state index >= 15 is 0 Å². The second kappa shape index (κ2) is 5.08. The number of aliphatic hydroxyl groups excluding tert-OH is 1. The third kappa shape index (κ3) is 2.80. The molecule has 1 aliphatic heterocycles. The van der Waals surface area contributed by atoms with E-state index in [0.717, 1.165) is 16.1 Å².